The van der Waals surface area contributed by atoms with Gasteiger partial charge in [0.15, 0.2) is 16.6 Å². The number of nitrogens with zero attached hydrogens (tertiary/aromatic N) is 2. The molecule has 1 amide bonds. The Bertz CT molecular complexity index is 1760. The minimum Gasteiger partial charge on any atom is -0.507 e. The summed E-state index contributed by atoms with van der Waals surface area (Å²) in [7, 11) is 2.75. The smallest absolute Gasteiger partial charge is 0.350 e. The summed E-state index contributed by atoms with van der Waals surface area (Å²) in [5.41, 5.74) is 3.73. The Morgan fingerprint density at radius 3 is 2.42 bits per heavy atom. The number of rotatable bonds is 8. The minimum atomic E-state index is -1.08. The number of amides is 1. The fourth-order valence-corrected chi connectivity index (χ4v) is 5.97. The number of Topliss-reactive ketones (excluding diaryl/α,β-unsaturated/α-hetero) is 1. The van der Waals surface area contributed by atoms with Crippen LogP contribution >= 0.6 is 11.3 Å². The van der Waals surface area contributed by atoms with Crippen LogP contribution in [-0.2, 0) is 20.9 Å². The topological polar surface area (TPSA) is 115 Å². The Morgan fingerprint density at radius 2 is 1.72 bits per heavy atom. The van der Waals surface area contributed by atoms with Gasteiger partial charge in [-0.1, -0.05) is 65.4 Å². The van der Waals surface area contributed by atoms with Crippen molar-refractivity contribution >= 4 is 39.9 Å². The predicted octanol–water partition coefficient (Wildman–Crippen LogP) is 6.07. The predicted molar refractivity (Wildman–Crippen MR) is 163 cm³/mol. The zero-order chi connectivity index (χ0) is 30.8. The summed E-state index contributed by atoms with van der Waals surface area (Å²) in [5.74, 6) is -1.84. The molecular formula is C33H30N2O7S. The Morgan fingerprint density at radius 1 is 0.977 bits per heavy atom. The molecule has 1 aromatic heterocycles. The van der Waals surface area contributed by atoms with Gasteiger partial charge in [0.2, 0.25) is 0 Å². The number of carbonyl (C=O) groups is 3. The third kappa shape index (κ3) is 5.61. The maximum Gasteiger partial charge on any atom is 0.350 e. The van der Waals surface area contributed by atoms with E-state index in [1.54, 1.807) is 31.2 Å². The number of hydrogen-bond donors (Lipinski definition) is 1. The third-order valence-electron chi connectivity index (χ3n) is 7.20. The third-order valence-corrected chi connectivity index (χ3v) is 8.33. The van der Waals surface area contributed by atoms with Crippen molar-refractivity contribution in [3.8, 4) is 11.5 Å². The summed E-state index contributed by atoms with van der Waals surface area (Å²) in [4.78, 5) is 45.6. The lowest BCUT2D eigenvalue weighted by molar-refractivity contribution is -0.132. The van der Waals surface area contributed by atoms with Crippen molar-refractivity contribution in [2.24, 2.45) is 0 Å². The summed E-state index contributed by atoms with van der Waals surface area (Å²) in [6, 6.07) is 19.2. The quantitative estimate of drug-likeness (QED) is 0.113. The van der Waals surface area contributed by atoms with E-state index < -0.39 is 23.7 Å². The van der Waals surface area contributed by atoms with Gasteiger partial charge in [0, 0.05) is 5.56 Å². The molecule has 0 bridgehead atoms. The Labute approximate surface area is 253 Å². The number of carbonyl (C=O) groups excluding carboxylic acids is 3. The monoisotopic (exact) mass is 598 g/mol. The molecular weight excluding hydrogens is 568 g/mol. The molecule has 9 nitrogen and oxygen atoms in total. The lowest BCUT2D eigenvalue weighted by Crippen LogP contribution is -2.29. The number of hydrogen-bond acceptors (Lipinski definition) is 9. The van der Waals surface area contributed by atoms with E-state index in [0.717, 1.165) is 28.0 Å². The first kappa shape index (κ1) is 29.5. The molecule has 4 aromatic rings. The molecule has 1 saturated heterocycles. The van der Waals surface area contributed by atoms with E-state index >= 15 is 0 Å². The number of aliphatic hydroxyl groups is 1. The second-order valence-corrected chi connectivity index (χ2v) is 11.1. The molecule has 0 saturated carbocycles. The normalized spacial score (nSPS) is 15.9. The number of benzene rings is 3. The van der Waals surface area contributed by atoms with Crippen molar-refractivity contribution in [3.05, 3.63) is 111 Å². The van der Waals surface area contributed by atoms with Gasteiger partial charge in [-0.2, -0.15) is 0 Å². The van der Waals surface area contributed by atoms with E-state index in [1.165, 1.54) is 19.1 Å². The van der Waals surface area contributed by atoms with Gasteiger partial charge in [-0.3, -0.25) is 14.5 Å². The summed E-state index contributed by atoms with van der Waals surface area (Å²) >= 11 is 0.935. The standard InChI is InChI=1S/C33H30N2O7S/c1-18-11-12-19(2)23(15-18)28(36)26-27(35(31(38)29(26)37)33-34-20(3)30(43-33)32(39)41-5)22-13-14-24(25(16-22)40-4)42-17-21-9-7-6-8-10-21/h6-16,27,36H,17H2,1-5H3. The Balaban J connectivity index is 1.66. The van der Waals surface area contributed by atoms with E-state index in [2.05, 4.69) is 4.98 Å². The molecule has 3 aromatic carbocycles. The van der Waals surface area contributed by atoms with Gasteiger partial charge in [0.05, 0.1) is 31.5 Å². The van der Waals surface area contributed by atoms with Crippen molar-refractivity contribution in [3.63, 3.8) is 0 Å². The van der Waals surface area contributed by atoms with Crippen LogP contribution in [0, 0.1) is 20.8 Å². The van der Waals surface area contributed by atoms with Gasteiger partial charge in [-0.05, 0) is 55.7 Å². The SMILES string of the molecule is COC(=O)c1sc(N2C(=O)C(=O)C(=C(O)c3cc(C)ccc3C)C2c2ccc(OCc3ccccc3)c(OC)c2)nc1C. The van der Waals surface area contributed by atoms with Crippen LogP contribution in [0.25, 0.3) is 5.76 Å². The molecule has 43 heavy (non-hydrogen) atoms. The first-order chi connectivity index (χ1) is 20.6. The zero-order valence-electron chi connectivity index (χ0n) is 24.3. The first-order valence-corrected chi connectivity index (χ1v) is 14.2. The van der Waals surface area contributed by atoms with E-state index in [9.17, 15) is 19.5 Å². The van der Waals surface area contributed by atoms with Crippen molar-refractivity contribution in [2.45, 2.75) is 33.4 Å². The summed E-state index contributed by atoms with van der Waals surface area (Å²) in [6.07, 6.45) is 0. The second kappa shape index (κ2) is 12.1. The number of anilines is 1. The Hall–Kier alpha value is -4.96. The first-order valence-electron chi connectivity index (χ1n) is 13.4. The number of ether oxygens (including phenoxy) is 3. The molecule has 2 heterocycles. The van der Waals surface area contributed by atoms with E-state index in [-0.39, 0.29) is 21.3 Å². The van der Waals surface area contributed by atoms with Crippen molar-refractivity contribution in [2.75, 3.05) is 19.1 Å². The van der Waals surface area contributed by atoms with E-state index in [4.69, 9.17) is 14.2 Å². The zero-order valence-corrected chi connectivity index (χ0v) is 25.2. The van der Waals surface area contributed by atoms with Crippen molar-refractivity contribution in [1.29, 1.82) is 0 Å². The average Bonchev–Trinajstić information content (AvgIpc) is 3.52. The average molecular weight is 599 g/mol. The van der Waals surface area contributed by atoms with Crippen molar-refractivity contribution < 1.29 is 33.7 Å². The van der Waals surface area contributed by atoms with Crippen LogP contribution in [0.5, 0.6) is 11.5 Å². The highest BCUT2D eigenvalue weighted by atomic mass is 32.1. The Kier molecular flexibility index (Phi) is 8.31. The highest BCUT2D eigenvalue weighted by Crippen LogP contribution is 2.46. The van der Waals surface area contributed by atoms with E-state index in [1.807, 2.05) is 56.3 Å². The number of ketones is 1. The van der Waals surface area contributed by atoms with Crippen LogP contribution in [0.2, 0.25) is 0 Å². The van der Waals surface area contributed by atoms with Crippen molar-refractivity contribution in [1.82, 2.24) is 4.98 Å². The number of aromatic nitrogens is 1. The molecule has 1 aliphatic heterocycles. The molecule has 1 N–H and O–H groups in total. The fourth-order valence-electron chi connectivity index (χ4n) is 4.96. The number of aryl methyl sites for hydroxylation is 3. The molecule has 1 atom stereocenters. The lowest BCUT2D eigenvalue weighted by Gasteiger charge is -2.24. The van der Waals surface area contributed by atoms with Gasteiger partial charge in [0.25, 0.3) is 5.78 Å². The molecule has 1 unspecified atom stereocenters. The van der Waals surface area contributed by atoms with Gasteiger partial charge >= 0.3 is 11.9 Å². The minimum absolute atomic E-state index is 0.105. The summed E-state index contributed by atoms with van der Waals surface area (Å²) in [5, 5.41) is 11.7. The van der Waals surface area contributed by atoms with Crippen LogP contribution in [0.15, 0.2) is 72.3 Å². The van der Waals surface area contributed by atoms with Crippen LogP contribution in [0.4, 0.5) is 5.13 Å². The number of esters is 1. The number of thiazole rings is 1. The molecule has 1 fully saturated rings. The van der Waals surface area contributed by atoms with Gasteiger partial charge < -0.3 is 19.3 Å². The van der Waals surface area contributed by atoms with Crippen LogP contribution in [0.1, 0.15) is 49.2 Å². The molecule has 0 aliphatic carbocycles. The van der Waals surface area contributed by atoms with Crippen LogP contribution in [0.3, 0.4) is 0 Å². The van der Waals surface area contributed by atoms with Crippen LogP contribution < -0.4 is 14.4 Å². The van der Waals surface area contributed by atoms with Gasteiger partial charge in [0.1, 0.15) is 17.2 Å². The maximum absolute atomic E-state index is 13.7. The summed E-state index contributed by atoms with van der Waals surface area (Å²) < 4.78 is 16.5. The van der Waals surface area contributed by atoms with Crippen LogP contribution in [-0.4, -0.2) is 42.0 Å². The molecule has 1 aliphatic rings. The second-order valence-electron chi connectivity index (χ2n) is 10.1. The number of methoxy groups -OCH3 is 2. The molecule has 220 valence electrons. The maximum atomic E-state index is 13.7. The molecule has 10 heteroatoms. The fraction of sp³-hybridized carbons (Fsp3) is 0.212. The molecule has 0 spiro atoms. The van der Waals surface area contributed by atoms with E-state index in [0.29, 0.717) is 34.9 Å². The summed E-state index contributed by atoms with van der Waals surface area (Å²) in [6.45, 7) is 5.61. The molecule has 5 rings (SSSR count). The van der Waals surface area contributed by atoms with Gasteiger partial charge in [-0.15, -0.1) is 0 Å². The van der Waals surface area contributed by atoms with Gasteiger partial charge in [-0.25, -0.2) is 9.78 Å². The highest BCUT2D eigenvalue weighted by Gasteiger charge is 2.48. The lowest BCUT2D eigenvalue weighted by atomic mass is 9.93. The number of aliphatic hydroxyl groups excluding tert-OH is 1. The largest absolute Gasteiger partial charge is 0.507 e. The highest BCUT2D eigenvalue weighted by molar-refractivity contribution is 7.17. The molecule has 0 radical (unpaired) electrons.